The average molecular weight is 399 g/mol. The molecule has 4 aliphatic rings. The molecule has 4 aliphatic carbocycles. The molecule has 5 heteroatoms. The van der Waals surface area contributed by atoms with Crippen LogP contribution in [0.3, 0.4) is 0 Å². The third-order valence-corrected chi connectivity index (χ3v) is 7.14. The summed E-state index contributed by atoms with van der Waals surface area (Å²) in [4.78, 5) is 13.2. The van der Waals surface area contributed by atoms with Gasteiger partial charge >= 0.3 is 0 Å². The van der Waals surface area contributed by atoms with Crippen molar-refractivity contribution in [3.05, 3.63) is 23.8 Å². The maximum Gasteiger partial charge on any atom is 0.246 e. The van der Waals surface area contributed by atoms with Crippen LogP contribution in [0.4, 0.5) is 0 Å². The van der Waals surface area contributed by atoms with Gasteiger partial charge in [0.05, 0.1) is 25.3 Å². The van der Waals surface area contributed by atoms with Crippen molar-refractivity contribution in [2.75, 3.05) is 13.7 Å². The van der Waals surface area contributed by atoms with Crippen molar-refractivity contribution in [2.24, 2.45) is 27.3 Å². The second-order valence-electron chi connectivity index (χ2n) is 10.4. The van der Waals surface area contributed by atoms with Crippen molar-refractivity contribution in [2.45, 2.75) is 65.7 Å². The van der Waals surface area contributed by atoms with Crippen LogP contribution in [0.5, 0.6) is 11.5 Å². The molecule has 0 radical (unpaired) electrons. The molecule has 0 aromatic heterocycles. The fraction of sp³-hybridized carbons (Fsp3) is 0.667. The van der Waals surface area contributed by atoms with Gasteiger partial charge in [-0.1, -0.05) is 20.8 Å². The number of nitrogens with one attached hydrogen (secondary N) is 1. The Hall–Kier alpha value is -2.04. The lowest BCUT2D eigenvalue weighted by atomic mass is 9.40. The maximum atomic E-state index is 13.2. The smallest absolute Gasteiger partial charge is 0.246 e. The van der Waals surface area contributed by atoms with Crippen LogP contribution in [-0.2, 0) is 4.79 Å². The van der Waals surface area contributed by atoms with Crippen molar-refractivity contribution in [3.63, 3.8) is 0 Å². The minimum Gasteiger partial charge on any atom is -0.493 e. The lowest BCUT2D eigenvalue weighted by Gasteiger charge is -2.64. The minimum atomic E-state index is -0.241. The zero-order valence-electron chi connectivity index (χ0n) is 18.2. The van der Waals surface area contributed by atoms with Crippen molar-refractivity contribution < 1.29 is 14.3 Å². The maximum absolute atomic E-state index is 13.2. The highest BCUT2D eigenvalue weighted by molar-refractivity contribution is 5.86. The molecule has 1 amide bonds. The lowest BCUT2D eigenvalue weighted by molar-refractivity contribution is -0.170. The largest absolute Gasteiger partial charge is 0.493 e. The van der Waals surface area contributed by atoms with Gasteiger partial charge in [-0.25, -0.2) is 5.43 Å². The summed E-state index contributed by atoms with van der Waals surface area (Å²) in [7, 11) is 1.63. The van der Waals surface area contributed by atoms with E-state index in [9.17, 15) is 4.79 Å². The summed E-state index contributed by atoms with van der Waals surface area (Å²) in [5.41, 5.74) is 4.14. The van der Waals surface area contributed by atoms with Crippen LogP contribution in [-0.4, -0.2) is 25.8 Å². The molecule has 0 saturated heterocycles. The van der Waals surface area contributed by atoms with Crippen LogP contribution in [0.15, 0.2) is 23.3 Å². The topological polar surface area (TPSA) is 59.9 Å². The van der Waals surface area contributed by atoms with E-state index in [2.05, 4.69) is 31.3 Å². The molecule has 1 N–H and O–H groups in total. The number of rotatable bonds is 7. The zero-order valence-corrected chi connectivity index (χ0v) is 18.2. The van der Waals surface area contributed by atoms with Gasteiger partial charge in [-0.15, -0.1) is 0 Å². The number of amides is 1. The number of carbonyl (C=O) groups is 1. The SMILES string of the molecule is CCCOc1cc(/C=N/NC(=O)C23CC4CC(C)(CC(C)(C4)C2)C3)ccc1OC. The number of carbonyl (C=O) groups excluding carboxylic acids is 1. The minimum absolute atomic E-state index is 0.103. The summed E-state index contributed by atoms with van der Waals surface area (Å²) in [5.74, 6) is 2.20. The van der Waals surface area contributed by atoms with Crippen molar-refractivity contribution >= 4 is 12.1 Å². The summed E-state index contributed by atoms with van der Waals surface area (Å²) in [6.07, 6.45) is 9.49. The number of benzene rings is 1. The molecule has 4 saturated carbocycles. The standard InChI is InChI=1S/C24H34N2O3/c1-5-8-29-20-9-17(6-7-19(20)28-4)13-25-26-21(27)24-12-18-10-22(2,15-24)14-23(3,11-18)16-24/h6-7,9,13,18H,5,8,10-12,14-16H2,1-4H3,(H,26,27)/b25-13+. The van der Waals surface area contributed by atoms with E-state index in [0.717, 1.165) is 31.2 Å². The van der Waals surface area contributed by atoms with E-state index in [0.29, 0.717) is 34.9 Å². The Balaban J connectivity index is 1.45. The molecule has 0 aliphatic heterocycles. The Morgan fingerprint density at radius 1 is 1.17 bits per heavy atom. The second-order valence-corrected chi connectivity index (χ2v) is 10.4. The third-order valence-electron chi connectivity index (χ3n) is 7.14. The van der Waals surface area contributed by atoms with Crippen LogP contribution >= 0.6 is 0 Å². The van der Waals surface area contributed by atoms with Gasteiger partial charge in [0.2, 0.25) is 5.91 Å². The molecule has 2 atom stereocenters. The Morgan fingerprint density at radius 3 is 2.52 bits per heavy atom. The highest BCUT2D eigenvalue weighted by Crippen LogP contribution is 2.69. The molecule has 5 rings (SSSR count). The van der Waals surface area contributed by atoms with Gasteiger partial charge in [0, 0.05) is 0 Å². The molecular weight excluding hydrogens is 364 g/mol. The van der Waals surface area contributed by atoms with Crippen molar-refractivity contribution in [3.8, 4) is 11.5 Å². The van der Waals surface area contributed by atoms with Gasteiger partial charge in [-0.2, -0.15) is 5.10 Å². The van der Waals surface area contributed by atoms with Crippen molar-refractivity contribution in [1.29, 1.82) is 0 Å². The number of methoxy groups -OCH3 is 1. The average Bonchev–Trinajstić information content (AvgIpc) is 2.63. The van der Waals surface area contributed by atoms with Gasteiger partial charge in [0.25, 0.3) is 0 Å². The predicted molar refractivity (Wildman–Crippen MR) is 114 cm³/mol. The second kappa shape index (κ2) is 7.33. The zero-order chi connectivity index (χ0) is 20.7. The molecule has 4 fully saturated rings. The van der Waals surface area contributed by atoms with Gasteiger partial charge in [-0.3, -0.25) is 4.79 Å². The summed E-state index contributed by atoms with van der Waals surface area (Å²) in [6, 6.07) is 5.69. The number of nitrogens with zero attached hydrogens (tertiary/aromatic N) is 1. The summed E-state index contributed by atoms with van der Waals surface area (Å²) in [5, 5.41) is 4.30. The number of hydrogen-bond donors (Lipinski definition) is 1. The van der Waals surface area contributed by atoms with E-state index in [4.69, 9.17) is 9.47 Å². The highest BCUT2D eigenvalue weighted by Gasteiger charge is 2.62. The van der Waals surface area contributed by atoms with Crippen LogP contribution < -0.4 is 14.9 Å². The molecule has 29 heavy (non-hydrogen) atoms. The van der Waals surface area contributed by atoms with E-state index < -0.39 is 0 Å². The van der Waals surface area contributed by atoms with Gasteiger partial charge in [0.1, 0.15) is 0 Å². The van der Waals surface area contributed by atoms with Gasteiger partial charge in [0.15, 0.2) is 11.5 Å². The number of ether oxygens (including phenoxy) is 2. The van der Waals surface area contributed by atoms with E-state index in [-0.39, 0.29) is 11.3 Å². The van der Waals surface area contributed by atoms with Crippen molar-refractivity contribution in [1.82, 2.24) is 5.43 Å². The third kappa shape index (κ3) is 3.88. The van der Waals surface area contributed by atoms with E-state index in [1.54, 1.807) is 13.3 Å². The first-order chi connectivity index (χ1) is 13.8. The predicted octanol–water partition coefficient (Wildman–Crippen LogP) is 4.93. The Kier molecular flexibility index (Phi) is 5.12. The summed E-state index contributed by atoms with van der Waals surface area (Å²) < 4.78 is 11.1. The molecule has 0 heterocycles. The summed E-state index contributed by atoms with van der Waals surface area (Å²) in [6.45, 7) is 7.47. The first-order valence-electron chi connectivity index (χ1n) is 10.9. The Labute approximate surface area is 174 Å². The Bertz CT molecular complexity index is 800. The molecule has 2 unspecified atom stereocenters. The Morgan fingerprint density at radius 2 is 1.90 bits per heavy atom. The first-order valence-corrected chi connectivity index (χ1v) is 10.9. The molecular formula is C24H34N2O3. The van der Waals surface area contributed by atoms with E-state index >= 15 is 0 Å². The molecule has 1 aromatic rings. The number of hydrogen-bond acceptors (Lipinski definition) is 4. The number of hydrazone groups is 1. The normalized spacial score (nSPS) is 35.1. The van der Waals surface area contributed by atoms with Gasteiger partial charge in [-0.05, 0) is 85.5 Å². The fourth-order valence-electron chi connectivity index (χ4n) is 7.08. The van der Waals surface area contributed by atoms with Crippen LogP contribution in [0.1, 0.15) is 71.3 Å². The highest BCUT2D eigenvalue weighted by atomic mass is 16.5. The van der Waals surface area contributed by atoms with Crippen LogP contribution in [0, 0.1) is 22.2 Å². The van der Waals surface area contributed by atoms with E-state index in [1.807, 2.05) is 18.2 Å². The molecule has 0 spiro atoms. The molecule has 4 bridgehead atoms. The van der Waals surface area contributed by atoms with Gasteiger partial charge < -0.3 is 9.47 Å². The summed E-state index contributed by atoms with van der Waals surface area (Å²) >= 11 is 0. The quantitative estimate of drug-likeness (QED) is 0.523. The van der Waals surface area contributed by atoms with Crippen LogP contribution in [0.2, 0.25) is 0 Å². The molecule has 1 aromatic carbocycles. The monoisotopic (exact) mass is 398 g/mol. The molecule has 5 nitrogen and oxygen atoms in total. The first kappa shape index (κ1) is 20.2. The van der Waals surface area contributed by atoms with Crippen LogP contribution in [0.25, 0.3) is 0 Å². The van der Waals surface area contributed by atoms with E-state index in [1.165, 1.54) is 19.3 Å². The molecule has 158 valence electrons. The fourth-order valence-corrected chi connectivity index (χ4v) is 7.08. The lowest BCUT2D eigenvalue weighted by Crippen LogP contribution is -2.59.